The molecule has 0 aliphatic rings. The summed E-state index contributed by atoms with van der Waals surface area (Å²) in [5.74, 6) is -0.102. The van der Waals surface area contributed by atoms with Crippen LogP contribution in [0.2, 0.25) is 0 Å². The van der Waals surface area contributed by atoms with E-state index in [9.17, 15) is 4.79 Å². The molecule has 0 unspecified atom stereocenters. The average molecular weight is 289 g/mol. The molecule has 0 saturated carbocycles. The topological polar surface area (TPSA) is 67.6 Å². The van der Waals surface area contributed by atoms with Gasteiger partial charge >= 0.3 is 0 Å². The Bertz CT molecular complexity index is 468. The number of para-hydroxylation sites is 1. The third kappa shape index (κ3) is 5.54. The van der Waals surface area contributed by atoms with Gasteiger partial charge in [0.05, 0.1) is 12.6 Å². The van der Waals surface area contributed by atoms with Gasteiger partial charge in [0.2, 0.25) is 5.91 Å². The van der Waals surface area contributed by atoms with E-state index in [1.54, 1.807) is 0 Å². The van der Waals surface area contributed by atoms with Crippen LogP contribution in [0.25, 0.3) is 0 Å². The molecule has 0 aliphatic heterocycles. The lowest BCUT2D eigenvalue weighted by atomic mass is 10.2. The molecule has 0 aliphatic carbocycles. The van der Waals surface area contributed by atoms with E-state index in [1.807, 2.05) is 55.1 Å². The normalized spacial score (nSPS) is 10.7. The number of carbonyl (C=O) groups excluding carboxylic acids is 1. The molecule has 0 radical (unpaired) electrons. The van der Waals surface area contributed by atoms with Gasteiger partial charge in [-0.3, -0.25) is 14.6 Å². The third-order valence-corrected chi connectivity index (χ3v) is 3.27. The van der Waals surface area contributed by atoms with E-state index in [4.69, 9.17) is 10.4 Å². The molecule has 0 aromatic heterocycles. The maximum Gasteiger partial charge on any atom is 0.242 e. The van der Waals surface area contributed by atoms with Gasteiger partial charge in [-0.15, -0.1) is 0 Å². The summed E-state index contributed by atoms with van der Waals surface area (Å²) >= 11 is 0. The molecule has 0 spiro atoms. The molecule has 0 fully saturated rings. The first-order chi connectivity index (χ1) is 10.1. The zero-order chi connectivity index (χ0) is 15.7. The van der Waals surface area contributed by atoms with Crippen LogP contribution in [0.15, 0.2) is 30.3 Å². The van der Waals surface area contributed by atoms with E-state index >= 15 is 0 Å². The second-order valence-corrected chi connectivity index (χ2v) is 5.11. The quantitative estimate of drug-likeness (QED) is 0.739. The lowest BCUT2D eigenvalue weighted by molar-refractivity contribution is -0.120. The summed E-state index contributed by atoms with van der Waals surface area (Å²) in [4.78, 5) is 16.0. The summed E-state index contributed by atoms with van der Waals surface area (Å²) in [5, 5.41) is 17.9. The highest BCUT2D eigenvalue weighted by atomic mass is 16.3. The fourth-order valence-electron chi connectivity index (χ4n) is 2.05. The monoisotopic (exact) mass is 289 g/mol. The Morgan fingerprint density at radius 2 is 2.00 bits per heavy atom. The molecule has 0 atom stereocenters. The van der Waals surface area contributed by atoms with Crippen molar-refractivity contribution < 1.29 is 9.90 Å². The number of anilines is 1. The highest BCUT2D eigenvalue weighted by Gasteiger charge is 2.20. The number of aliphatic hydroxyl groups excluding tert-OH is 1. The Morgan fingerprint density at radius 3 is 2.52 bits per heavy atom. The fourth-order valence-corrected chi connectivity index (χ4v) is 2.05. The van der Waals surface area contributed by atoms with Crippen molar-refractivity contribution >= 4 is 11.6 Å². The van der Waals surface area contributed by atoms with Crippen LogP contribution in [0.3, 0.4) is 0 Å². The number of nitriles is 1. The Labute approximate surface area is 126 Å². The van der Waals surface area contributed by atoms with Crippen LogP contribution >= 0.6 is 0 Å². The standard InChI is InChI=1S/C16H23N3O2/c1-14(2)18(10-6-12-20)13-16(21)19(11-9-17)15-7-4-3-5-8-15/h3-5,7-8,14,20H,6,10-13H2,1-2H3. The average Bonchev–Trinajstić information content (AvgIpc) is 2.49. The molecule has 114 valence electrons. The number of nitrogens with zero attached hydrogens (tertiary/aromatic N) is 3. The van der Waals surface area contributed by atoms with Crippen LogP contribution in [0.1, 0.15) is 20.3 Å². The minimum atomic E-state index is -0.102. The Morgan fingerprint density at radius 1 is 1.33 bits per heavy atom. The lowest BCUT2D eigenvalue weighted by Gasteiger charge is -2.28. The van der Waals surface area contributed by atoms with Crippen molar-refractivity contribution in [1.29, 1.82) is 5.26 Å². The summed E-state index contributed by atoms with van der Waals surface area (Å²) in [6.45, 7) is 5.08. The summed E-state index contributed by atoms with van der Waals surface area (Å²) in [5.41, 5.74) is 0.731. The minimum Gasteiger partial charge on any atom is -0.396 e. The van der Waals surface area contributed by atoms with Gasteiger partial charge in [0, 0.05) is 24.9 Å². The number of rotatable bonds is 8. The van der Waals surface area contributed by atoms with Gasteiger partial charge in [-0.05, 0) is 32.4 Å². The molecule has 21 heavy (non-hydrogen) atoms. The first-order valence-corrected chi connectivity index (χ1v) is 7.17. The zero-order valence-electron chi connectivity index (χ0n) is 12.7. The number of amides is 1. The first-order valence-electron chi connectivity index (χ1n) is 7.17. The highest BCUT2D eigenvalue weighted by molar-refractivity contribution is 5.95. The summed E-state index contributed by atoms with van der Waals surface area (Å²) in [7, 11) is 0. The van der Waals surface area contributed by atoms with Gasteiger partial charge in [-0.25, -0.2) is 0 Å². The van der Waals surface area contributed by atoms with Crippen LogP contribution in [0, 0.1) is 11.3 Å². The molecule has 1 aromatic rings. The number of hydrogen-bond acceptors (Lipinski definition) is 4. The number of carbonyl (C=O) groups is 1. The SMILES string of the molecule is CC(C)N(CCCO)CC(=O)N(CC#N)c1ccccc1. The van der Waals surface area contributed by atoms with Crippen molar-refractivity contribution in [1.82, 2.24) is 4.90 Å². The Balaban J connectivity index is 2.79. The molecule has 0 bridgehead atoms. The second kappa shape index (κ2) is 9.11. The summed E-state index contributed by atoms with van der Waals surface area (Å²) in [6, 6.07) is 11.5. The van der Waals surface area contributed by atoms with Crippen molar-refractivity contribution in [3.63, 3.8) is 0 Å². The second-order valence-electron chi connectivity index (χ2n) is 5.11. The molecule has 0 saturated heterocycles. The highest BCUT2D eigenvalue weighted by Crippen LogP contribution is 2.14. The molecular weight excluding hydrogens is 266 g/mol. The summed E-state index contributed by atoms with van der Waals surface area (Å²) in [6.07, 6.45) is 0.634. The maximum absolute atomic E-state index is 12.5. The van der Waals surface area contributed by atoms with Crippen LogP contribution in [-0.2, 0) is 4.79 Å². The van der Waals surface area contributed by atoms with Gasteiger partial charge in [0.1, 0.15) is 6.54 Å². The zero-order valence-corrected chi connectivity index (χ0v) is 12.7. The first kappa shape index (κ1) is 17.2. The van der Waals surface area contributed by atoms with Crippen LogP contribution in [0.4, 0.5) is 5.69 Å². The Kier molecular flexibility index (Phi) is 7.44. The van der Waals surface area contributed by atoms with Gasteiger partial charge in [0.25, 0.3) is 0 Å². The smallest absolute Gasteiger partial charge is 0.242 e. The predicted octanol–water partition coefficient (Wildman–Crippen LogP) is 1.64. The lowest BCUT2D eigenvalue weighted by Crippen LogP contribution is -2.44. The number of hydrogen-bond donors (Lipinski definition) is 1. The van der Waals surface area contributed by atoms with E-state index in [2.05, 4.69) is 0 Å². The molecule has 5 heteroatoms. The van der Waals surface area contributed by atoms with Crippen molar-refractivity contribution in [2.45, 2.75) is 26.3 Å². The molecule has 1 amide bonds. The van der Waals surface area contributed by atoms with Crippen LogP contribution in [0.5, 0.6) is 0 Å². The van der Waals surface area contributed by atoms with Gasteiger partial charge < -0.3 is 5.11 Å². The molecule has 1 N–H and O–H groups in total. The summed E-state index contributed by atoms with van der Waals surface area (Å²) < 4.78 is 0. The van der Waals surface area contributed by atoms with Gasteiger partial charge in [-0.2, -0.15) is 5.26 Å². The third-order valence-electron chi connectivity index (χ3n) is 3.27. The van der Waals surface area contributed by atoms with Crippen LogP contribution in [-0.4, -0.2) is 48.2 Å². The number of aliphatic hydroxyl groups is 1. The largest absolute Gasteiger partial charge is 0.396 e. The van der Waals surface area contributed by atoms with E-state index in [0.717, 1.165) is 5.69 Å². The molecule has 5 nitrogen and oxygen atoms in total. The minimum absolute atomic E-state index is 0.0365. The molecule has 1 rings (SSSR count). The van der Waals surface area contributed by atoms with Crippen molar-refractivity contribution in [2.24, 2.45) is 0 Å². The molecule has 0 heterocycles. The van der Waals surface area contributed by atoms with Gasteiger partial charge in [0.15, 0.2) is 0 Å². The van der Waals surface area contributed by atoms with Crippen molar-refractivity contribution in [3.05, 3.63) is 30.3 Å². The van der Waals surface area contributed by atoms with Crippen molar-refractivity contribution in [3.8, 4) is 6.07 Å². The van der Waals surface area contributed by atoms with Gasteiger partial charge in [-0.1, -0.05) is 18.2 Å². The molecular formula is C16H23N3O2. The molecule has 1 aromatic carbocycles. The van der Waals surface area contributed by atoms with E-state index in [0.29, 0.717) is 13.0 Å². The predicted molar refractivity (Wildman–Crippen MR) is 82.8 cm³/mol. The maximum atomic E-state index is 12.5. The van der Waals surface area contributed by atoms with Crippen molar-refractivity contribution in [2.75, 3.05) is 31.1 Å². The van der Waals surface area contributed by atoms with E-state index < -0.39 is 0 Å². The fraction of sp³-hybridized carbons (Fsp3) is 0.500. The Hall–Kier alpha value is -1.90. The van der Waals surface area contributed by atoms with E-state index in [1.165, 1.54) is 4.90 Å². The van der Waals surface area contributed by atoms with E-state index in [-0.39, 0.29) is 31.6 Å². The number of benzene rings is 1. The van der Waals surface area contributed by atoms with Crippen LogP contribution < -0.4 is 4.90 Å².